The Labute approximate surface area is 159 Å². The lowest BCUT2D eigenvalue weighted by Crippen LogP contribution is -2.47. The number of carbonyl (C=O) groups is 2. The molecule has 2 heterocycles. The highest BCUT2D eigenvalue weighted by atomic mass is 35.5. The van der Waals surface area contributed by atoms with Gasteiger partial charge >= 0.3 is 5.97 Å². The third-order valence-corrected chi connectivity index (χ3v) is 6.29. The van der Waals surface area contributed by atoms with E-state index in [4.69, 9.17) is 16.7 Å². The molecule has 132 valence electrons. The summed E-state index contributed by atoms with van der Waals surface area (Å²) in [4.78, 5) is 29.9. The Morgan fingerprint density at radius 2 is 2.16 bits per heavy atom. The number of rotatable bonds is 5. The molecule has 1 aromatic carbocycles. The summed E-state index contributed by atoms with van der Waals surface area (Å²) in [5.74, 6) is 0.562. The molecule has 1 N–H and O–H groups in total. The standard InChI is InChI=1S/C17H17ClN2O3S2/c18-14-4-2-1-3-13(14)17-19-11(9-25-17)7-15(21)20-5-6-24-10-12(20)8-16(22)23/h1-4,9,12H,5-8,10H2,(H,22,23). The van der Waals surface area contributed by atoms with E-state index < -0.39 is 5.97 Å². The van der Waals surface area contributed by atoms with E-state index in [2.05, 4.69) is 4.98 Å². The van der Waals surface area contributed by atoms with E-state index in [9.17, 15) is 9.59 Å². The monoisotopic (exact) mass is 396 g/mol. The van der Waals surface area contributed by atoms with Crippen LogP contribution in [0.5, 0.6) is 0 Å². The summed E-state index contributed by atoms with van der Waals surface area (Å²) < 4.78 is 0. The molecule has 1 unspecified atom stereocenters. The molecule has 1 aliphatic heterocycles. The van der Waals surface area contributed by atoms with Crippen LogP contribution in [-0.4, -0.2) is 51.0 Å². The number of benzene rings is 1. The first kappa shape index (κ1) is 18.2. The predicted octanol–water partition coefficient (Wildman–Crippen LogP) is 3.42. The zero-order valence-corrected chi connectivity index (χ0v) is 15.7. The first-order valence-electron chi connectivity index (χ1n) is 7.83. The summed E-state index contributed by atoms with van der Waals surface area (Å²) in [6.07, 6.45) is 0.169. The number of nitrogens with zero attached hydrogens (tertiary/aromatic N) is 2. The fraction of sp³-hybridized carbons (Fsp3) is 0.353. The van der Waals surface area contributed by atoms with Crippen LogP contribution in [0, 0.1) is 0 Å². The number of aliphatic carboxylic acids is 1. The average molecular weight is 397 g/mol. The Kier molecular flexibility index (Phi) is 5.98. The maximum absolute atomic E-state index is 12.6. The molecule has 0 spiro atoms. The van der Waals surface area contributed by atoms with Gasteiger partial charge in [0, 0.05) is 29.0 Å². The molecule has 8 heteroatoms. The average Bonchev–Trinajstić information content (AvgIpc) is 3.03. The number of aromatic nitrogens is 1. The second kappa shape index (κ2) is 8.21. The Morgan fingerprint density at radius 3 is 2.92 bits per heavy atom. The number of thiazole rings is 1. The van der Waals surface area contributed by atoms with Crippen molar-refractivity contribution in [2.24, 2.45) is 0 Å². The fourth-order valence-corrected chi connectivity index (χ4v) is 4.96. The van der Waals surface area contributed by atoms with Gasteiger partial charge in [0.15, 0.2) is 0 Å². The first-order valence-corrected chi connectivity index (χ1v) is 10.2. The Balaban J connectivity index is 1.70. The fourth-order valence-electron chi connectivity index (χ4n) is 2.76. The number of amides is 1. The Bertz CT molecular complexity index is 781. The highest BCUT2D eigenvalue weighted by Gasteiger charge is 2.29. The molecule has 0 saturated carbocycles. The van der Waals surface area contributed by atoms with Crippen molar-refractivity contribution < 1.29 is 14.7 Å². The highest BCUT2D eigenvalue weighted by molar-refractivity contribution is 7.99. The number of thioether (sulfide) groups is 1. The lowest BCUT2D eigenvalue weighted by atomic mass is 10.1. The minimum absolute atomic E-state index is 0.0132. The minimum Gasteiger partial charge on any atom is -0.481 e. The van der Waals surface area contributed by atoms with Crippen molar-refractivity contribution in [3.8, 4) is 10.6 Å². The summed E-state index contributed by atoms with van der Waals surface area (Å²) in [6, 6.07) is 7.23. The van der Waals surface area contributed by atoms with Gasteiger partial charge in [0.1, 0.15) is 5.01 Å². The van der Waals surface area contributed by atoms with Gasteiger partial charge in [-0.15, -0.1) is 11.3 Å². The van der Waals surface area contributed by atoms with Crippen LogP contribution < -0.4 is 0 Å². The summed E-state index contributed by atoms with van der Waals surface area (Å²) >= 11 is 9.34. The normalized spacial score (nSPS) is 17.5. The Hall–Kier alpha value is -1.57. The van der Waals surface area contributed by atoms with Crippen molar-refractivity contribution in [3.63, 3.8) is 0 Å². The van der Waals surface area contributed by atoms with E-state index in [1.807, 2.05) is 29.6 Å². The number of carboxylic acids is 1. The third kappa shape index (κ3) is 4.54. The van der Waals surface area contributed by atoms with E-state index in [1.165, 1.54) is 11.3 Å². The molecule has 25 heavy (non-hydrogen) atoms. The number of hydrogen-bond acceptors (Lipinski definition) is 5. The number of carboxylic acid groups (broad SMARTS) is 1. The largest absolute Gasteiger partial charge is 0.481 e. The minimum atomic E-state index is -0.875. The SMILES string of the molecule is O=C(O)CC1CSCCN1C(=O)Cc1csc(-c2ccccc2Cl)n1. The van der Waals surface area contributed by atoms with Crippen molar-refractivity contribution >= 4 is 46.6 Å². The molecule has 0 bridgehead atoms. The van der Waals surface area contributed by atoms with Gasteiger partial charge in [-0.05, 0) is 6.07 Å². The van der Waals surface area contributed by atoms with Crippen LogP contribution in [-0.2, 0) is 16.0 Å². The Morgan fingerprint density at radius 1 is 1.36 bits per heavy atom. The molecule has 1 aliphatic rings. The van der Waals surface area contributed by atoms with Crippen LogP contribution in [0.1, 0.15) is 12.1 Å². The van der Waals surface area contributed by atoms with Crippen LogP contribution in [0.2, 0.25) is 5.02 Å². The van der Waals surface area contributed by atoms with Crippen LogP contribution in [0.3, 0.4) is 0 Å². The highest BCUT2D eigenvalue weighted by Crippen LogP contribution is 2.30. The number of carbonyl (C=O) groups excluding carboxylic acids is 1. The van der Waals surface area contributed by atoms with Crippen molar-refractivity contribution in [3.05, 3.63) is 40.4 Å². The van der Waals surface area contributed by atoms with Crippen molar-refractivity contribution in [2.75, 3.05) is 18.1 Å². The third-order valence-electron chi connectivity index (χ3n) is 3.95. The zero-order valence-electron chi connectivity index (χ0n) is 13.4. The van der Waals surface area contributed by atoms with Gasteiger partial charge in [-0.3, -0.25) is 9.59 Å². The summed E-state index contributed by atoms with van der Waals surface area (Å²) in [7, 11) is 0. The lowest BCUT2D eigenvalue weighted by molar-refractivity contribution is -0.140. The molecule has 1 fully saturated rings. The maximum atomic E-state index is 12.6. The van der Waals surface area contributed by atoms with Crippen molar-refractivity contribution in [1.29, 1.82) is 0 Å². The van der Waals surface area contributed by atoms with Gasteiger partial charge in [0.05, 0.1) is 29.6 Å². The molecule has 1 atom stereocenters. The van der Waals surface area contributed by atoms with E-state index in [-0.39, 0.29) is 24.8 Å². The maximum Gasteiger partial charge on any atom is 0.305 e. The van der Waals surface area contributed by atoms with E-state index in [1.54, 1.807) is 16.7 Å². The predicted molar refractivity (Wildman–Crippen MR) is 101 cm³/mol. The molecular formula is C17H17ClN2O3S2. The van der Waals surface area contributed by atoms with Gasteiger partial charge in [-0.25, -0.2) is 4.98 Å². The van der Waals surface area contributed by atoms with Gasteiger partial charge in [0.2, 0.25) is 5.91 Å². The summed E-state index contributed by atoms with van der Waals surface area (Å²) in [5.41, 5.74) is 1.54. The van der Waals surface area contributed by atoms with Crippen LogP contribution in [0.15, 0.2) is 29.6 Å². The van der Waals surface area contributed by atoms with E-state index >= 15 is 0 Å². The van der Waals surface area contributed by atoms with Gasteiger partial charge in [-0.1, -0.05) is 29.8 Å². The molecule has 3 rings (SSSR count). The quantitative estimate of drug-likeness (QED) is 0.838. The second-order valence-electron chi connectivity index (χ2n) is 5.71. The van der Waals surface area contributed by atoms with Crippen LogP contribution in [0.25, 0.3) is 10.6 Å². The van der Waals surface area contributed by atoms with E-state index in [0.29, 0.717) is 23.0 Å². The van der Waals surface area contributed by atoms with Gasteiger partial charge in [0.25, 0.3) is 0 Å². The van der Waals surface area contributed by atoms with Crippen LogP contribution >= 0.6 is 34.7 Å². The molecular weight excluding hydrogens is 380 g/mol. The molecule has 0 radical (unpaired) electrons. The zero-order chi connectivity index (χ0) is 17.8. The molecule has 5 nitrogen and oxygen atoms in total. The molecule has 2 aromatic rings. The van der Waals surface area contributed by atoms with Crippen molar-refractivity contribution in [1.82, 2.24) is 9.88 Å². The van der Waals surface area contributed by atoms with Crippen LogP contribution in [0.4, 0.5) is 0 Å². The van der Waals surface area contributed by atoms with E-state index in [0.717, 1.165) is 16.3 Å². The lowest BCUT2D eigenvalue weighted by Gasteiger charge is -2.34. The molecule has 1 aromatic heterocycles. The summed E-state index contributed by atoms with van der Waals surface area (Å²) in [5, 5.41) is 12.3. The smallest absolute Gasteiger partial charge is 0.305 e. The van der Waals surface area contributed by atoms with Gasteiger partial charge < -0.3 is 10.0 Å². The van der Waals surface area contributed by atoms with Gasteiger partial charge in [-0.2, -0.15) is 11.8 Å². The summed E-state index contributed by atoms with van der Waals surface area (Å²) in [6.45, 7) is 0.586. The second-order valence-corrected chi connectivity index (χ2v) is 8.13. The first-order chi connectivity index (χ1) is 12.0. The number of halogens is 1. The number of hydrogen-bond donors (Lipinski definition) is 1. The van der Waals surface area contributed by atoms with Crippen molar-refractivity contribution in [2.45, 2.75) is 18.9 Å². The topological polar surface area (TPSA) is 70.5 Å². The molecule has 1 saturated heterocycles. The molecule has 0 aliphatic carbocycles. The molecule has 1 amide bonds.